The number of amides is 3. The molecule has 7 heteroatoms. The molecule has 1 aliphatic heterocycles. The topological polar surface area (TPSA) is 79.0 Å². The number of ether oxygens (including phenoxy) is 1. The first-order valence-electron chi connectivity index (χ1n) is 9.58. The first-order valence-corrected chi connectivity index (χ1v) is 9.58. The van der Waals surface area contributed by atoms with Crippen molar-refractivity contribution < 1.29 is 19.1 Å². The van der Waals surface area contributed by atoms with Crippen molar-refractivity contribution in [2.75, 3.05) is 30.4 Å². The Morgan fingerprint density at radius 3 is 2.52 bits per heavy atom. The van der Waals surface area contributed by atoms with Crippen LogP contribution >= 0.6 is 0 Å². The number of piperidine rings is 1. The first-order chi connectivity index (χ1) is 13.0. The van der Waals surface area contributed by atoms with Gasteiger partial charge in [0.2, 0.25) is 11.8 Å². The summed E-state index contributed by atoms with van der Waals surface area (Å²) < 4.78 is 4.97. The van der Waals surface area contributed by atoms with E-state index in [1.165, 1.54) is 4.90 Å². The molecule has 148 valence electrons. The minimum atomic E-state index is -0.429. The van der Waals surface area contributed by atoms with Crippen LogP contribution in [0.3, 0.4) is 0 Å². The largest absolute Gasteiger partial charge is 0.449 e. The summed E-state index contributed by atoms with van der Waals surface area (Å²) >= 11 is 0. The Bertz CT molecular complexity index is 660. The molecule has 1 aromatic rings. The second-order valence-electron chi connectivity index (χ2n) is 6.64. The number of anilines is 2. The van der Waals surface area contributed by atoms with Crippen LogP contribution in [0.5, 0.6) is 0 Å². The van der Waals surface area contributed by atoms with E-state index in [-0.39, 0.29) is 11.8 Å². The Morgan fingerprint density at radius 1 is 1.19 bits per heavy atom. The van der Waals surface area contributed by atoms with Crippen LogP contribution in [-0.4, -0.2) is 49.0 Å². The fourth-order valence-corrected chi connectivity index (χ4v) is 3.18. The van der Waals surface area contributed by atoms with Crippen LogP contribution in [-0.2, 0) is 14.3 Å². The zero-order valence-electron chi connectivity index (χ0n) is 16.4. The molecule has 3 amide bonds. The number of carbonyl (C=O) groups is 3. The van der Waals surface area contributed by atoms with E-state index in [9.17, 15) is 14.4 Å². The fourth-order valence-electron chi connectivity index (χ4n) is 3.18. The quantitative estimate of drug-likeness (QED) is 0.826. The van der Waals surface area contributed by atoms with Gasteiger partial charge in [0.05, 0.1) is 6.61 Å². The zero-order valence-corrected chi connectivity index (χ0v) is 16.4. The minimum absolute atomic E-state index is 0.0451. The van der Waals surface area contributed by atoms with Crippen molar-refractivity contribution in [3.63, 3.8) is 0 Å². The molecule has 1 heterocycles. The predicted molar refractivity (Wildman–Crippen MR) is 105 cm³/mol. The number of hydrogen-bond donors (Lipinski definition) is 1. The molecular weight excluding hydrogens is 346 g/mol. The van der Waals surface area contributed by atoms with Crippen LogP contribution < -0.4 is 10.2 Å². The summed E-state index contributed by atoms with van der Waals surface area (Å²) in [6, 6.07) is 6.55. The van der Waals surface area contributed by atoms with Gasteiger partial charge in [-0.15, -0.1) is 0 Å². The molecule has 1 N–H and O–H groups in total. The summed E-state index contributed by atoms with van der Waals surface area (Å²) in [5.74, 6) is -0.116. The smallest absolute Gasteiger partial charge is 0.413 e. The van der Waals surface area contributed by atoms with Gasteiger partial charge in [0.25, 0.3) is 0 Å². The molecule has 7 nitrogen and oxygen atoms in total. The molecular formula is C20H29N3O4. The van der Waals surface area contributed by atoms with Gasteiger partial charge >= 0.3 is 6.09 Å². The third kappa shape index (κ3) is 5.45. The van der Waals surface area contributed by atoms with Gasteiger partial charge in [-0.3, -0.25) is 14.5 Å². The van der Waals surface area contributed by atoms with E-state index in [2.05, 4.69) is 5.32 Å². The Kier molecular flexibility index (Phi) is 7.64. The lowest BCUT2D eigenvalue weighted by Gasteiger charge is -2.34. The number of nitrogens with one attached hydrogen (secondary N) is 1. The molecule has 0 saturated carbocycles. The summed E-state index contributed by atoms with van der Waals surface area (Å²) in [5.41, 5.74) is 1.30. The van der Waals surface area contributed by atoms with E-state index < -0.39 is 12.1 Å². The van der Waals surface area contributed by atoms with E-state index in [0.717, 1.165) is 19.3 Å². The van der Waals surface area contributed by atoms with Crippen LogP contribution in [0.1, 0.15) is 46.0 Å². The van der Waals surface area contributed by atoms with Gasteiger partial charge < -0.3 is 15.0 Å². The lowest BCUT2D eigenvalue weighted by atomic mass is 10.0. The molecule has 1 aliphatic rings. The van der Waals surface area contributed by atoms with Crippen molar-refractivity contribution in [3.05, 3.63) is 24.3 Å². The Balaban J connectivity index is 2.02. The summed E-state index contributed by atoms with van der Waals surface area (Å²) in [7, 11) is 1.63. The second kappa shape index (κ2) is 9.94. The average Bonchev–Trinajstić information content (AvgIpc) is 2.68. The summed E-state index contributed by atoms with van der Waals surface area (Å²) in [4.78, 5) is 39.9. The highest BCUT2D eigenvalue weighted by molar-refractivity contribution is 5.97. The Labute approximate surface area is 160 Å². The van der Waals surface area contributed by atoms with Crippen molar-refractivity contribution in [2.24, 2.45) is 0 Å². The van der Waals surface area contributed by atoms with Crippen molar-refractivity contribution >= 4 is 29.3 Å². The molecule has 27 heavy (non-hydrogen) atoms. The molecule has 0 radical (unpaired) electrons. The predicted octanol–water partition coefficient (Wildman–Crippen LogP) is 3.40. The highest BCUT2D eigenvalue weighted by Crippen LogP contribution is 2.22. The maximum atomic E-state index is 12.7. The molecule has 0 aromatic heterocycles. The van der Waals surface area contributed by atoms with Crippen LogP contribution in [0.4, 0.5) is 16.2 Å². The van der Waals surface area contributed by atoms with Crippen molar-refractivity contribution in [1.82, 2.24) is 4.90 Å². The number of hydrogen-bond acceptors (Lipinski definition) is 4. The van der Waals surface area contributed by atoms with Crippen LogP contribution in [0.2, 0.25) is 0 Å². The number of carbonyl (C=O) groups excluding carboxylic acids is 3. The third-order valence-electron chi connectivity index (χ3n) is 4.65. The maximum absolute atomic E-state index is 12.7. The van der Waals surface area contributed by atoms with Crippen molar-refractivity contribution in [3.8, 4) is 0 Å². The Morgan fingerprint density at radius 2 is 1.89 bits per heavy atom. The van der Waals surface area contributed by atoms with Gasteiger partial charge in [0.15, 0.2) is 0 Å². The molecule has 1 fully saturated rings. The molecule has 1 unspecified atom stereocenters. The fraction of sp³-hybridized carbons (Fsp3) is 0.550. The monoisotopic (exact) mass is 375 g/mol. The SMILES string of the molecule is CCCC(=O)N1CCCCC1C(=O)Nc1ccc(N(C)C(=O)OCC)cc1. The molecule has 1 aromatic carbocycles. The molecule has 2 rings (SSSR count). The summed E-state index contributed by atoms with van der Waals surface area (Å²) in [5, 5.41) is 2.89. The van der Waals surface area contributed by atoms with Gasteiger partial charge in [-0.25, -0.2) is 4.79 Å². The number of nitrogens with zero attached hydrogens (tertiary/aromatic N) is 2. The first kappa shape index (κ1) is 20.7. The normalized spacial score (nSPS) is 16.6. The maximum Gasteiger partial charge on any atom is 0.413 e. The highest BCUT2D eigenvalue weighted by atomic mass is 16.6. The summed E-state index contributed by atoms with van der Waals surface area (Å²) in [6.07, 6.45) is 3.38. The summed E-state index contributed by atoms with van der Waals surface area (Å²) in [6.45, 7) is 4.67. The van der Waals surface area contributed by atoms with Gasteiger partial charge in [-0.05, 0) is 56.9 Å². The van der Waals surface area contributed by atoms with Crippen LogP contribution in [0.25, 0.3) is 0 Å². The van der Waals surface area contributed by atoms with Gasteiger partial charge in [-0.1, -0.05) is 6.92 Å². The van der Waals surface area contributed by atoms with Crippen molar-refractivity contribution in [1.29, 1.82) is 0 Å². The zero-order chi connectivity index (χ0) is 19.8. The average molecular weight is 375 g/mol. The Hall–Kier alpha value is -2.57. The van der Waals surface area contributed by atoms with Gasteiger partial charge in [0, 0.05) is 31.4 Å². The van der Waals surface area contributed by atoms with E-state index in [1.54, 1.807) is 43.1 Å². The van der Waals surface area contributed by atoms with Crippen molar-refractivity contribution in [2.45, 2.75) is 52.0 Å². The molecule has 0 bridgehead atoms. The molecule has 1 atom stereocenters. The lowest BCUT2D eigenvalue weighted by molar-refractivity contribution is -0.140. The van der Waals surface area contributed by atoms with E-state index in [4.69, 9.17) is 4.74 Å². The number of rotatable bonds is 6. The van der Waals surface area contributed by atoms with Crippen LogP contribution in [0, 0.1) is 0 Å². The molecule has 0 aliphatic carbocycles. The number of benzene rings is 1. The molecule has 1 saturated heterocycles. The highest BCUT2D eigenvalue weighted by Gasteiger charge is 2.31. The van der Waals surface area contributed by atoms with Gasteiger partial charge in [0.1, 0.15) is 6.04 Å². The molecule has 0 spiro atoms. The van der Waals surface area contributed by atoms with E-state index in [0.29, 0.717) is 37.4 Å². The second-order valence-corrected chi connectivity index (χ2v) is 6.64. The van der Waals surface area contributed by atoms with Gasteiger partial charge in [-0.2, -0.15) is 0 Å². The standard InChI is InChI=1S/C20H29N3O4/c1-4-8-18(24)23-14-7-6-9-17(23)19(25)21-15-10-12-16(13-11-15)22(3)20(26)27-5-2/h10-13,17H,4-9,14H2,1-3H3,(H,21,25). The van der Waals surface area contributed by atoms with E-state index >= 15 is 0 Å². The number of likely N-dealkylation sites (tertiary alicyclic amines) is 1. The minimum Gasteiger partial charge on any atom is -0.449 e. The van der Waals surface area contributed by atoms with Crippen LogP contribution in [0.15, 0.2) is 24.3 Å². The third-order valence-corrected chi connectivity index (χ3v) is 4.65. The van der Waals surface area contributed by atoms with E-state index in [1.807, 2.05) is 6.92 Å². The lowest BCUT2D eigenvalue weighted by Crippen LogP contribution is -2.49.